The zero-order valence-electron chi connectivity index (χ0n) is 56.4. The van der Waals surface area contributed by atoms with Crippen LogP contribution in [0.4, 0.5) is 0 Å². The Morgan fingerprint density at radius 2 is 0.677 bits per heavy atom. The van der Waals surface area contributed by atoms with Gasteiger partial charge in [0, 0.05) is 33.2 Å². The predicted molar refractivity (Wildman–Crippen MR) is 398 cm³/mol. The molecule has 0 saturated heterocycles. The Kier molecular flexibility index (Phi) is 13.3. The number of hydrogen-bond donors (Lipinski definition) is 0. The largest absolute Gasteiger partial charge is 0.456 e. The summed E-state index contributed by atoms with van der Waals surface area (Å²) in [5.41, 5.74) is 32.4. The summed E-state index contributed by atoms with van der Waals surface area (Å²) in [6.45, 7) is 17.5. The van der Waals surface area contributed by atoms with E-state index in [2.05, 4.69) is 234 Å². The number of rotatable bonds is 10. The first-order valence-corrected chi connectivity index (χ1v) is 35.9. The van der Waals surface area contributed by atoms with Gasteiger partial charge in [0.05, 0.1) is 56.2 Å². The molecule has 13 aromatic rings. The number of hydrogen-bond acceptors (Lipinski definition) is 6. The normalized spacial score (nSPS) is 15.5. The summed E-state index contributed by atoms with van der Waals surface area (Å²) >= 11 is 0. The van der Waals surface area contributed by atoms with Gasteiger partial charge in [0.25, 0.3) is 13.4 Å². The molecule has 0 N–H and O–H groups in total. The molecular weight excluding hydrogens is 1170 g/mol. The van der Waals surface area contributed by atoms with Gasteiger partial charge in [0.1, 0.15) is 45.1 Å². The van der Waals surface area contributed by atoms with Gasteiger partial charge in [-0.1, -0.05) is 215 Å². The van der Waals surface area contributed by atoms with Crippen LogP contribution in [-0.4, -0.2) is 42.5 Å². The van der Waals surface area contributed by atoms with Gasteiger partial charge in [-0.3, -0.25) is 0 Å². The molecule has 0 spiro atoms. The first-order chi connectivity index (χ1) is 46.9. The van der Waals surface area contributed by atoms with Crippen LogP contribution in [0.15, 0.2) is 170 Å². The molecule has 10 heteroatoms. The van der Waals surface area contributed by atoms with Gasteiger partial charge in [-0.25, -0.2) is 19.9 Å². The van der Waals surface area contributed by atoms with E-state index in [0.717, 1.165) is 134 Å². The lowest BCUT2D eigenvalue weighted by molar-refractivity contribution is 0.442. The number of pyridine rings is 4. The maximum absolute atomic E-state index is 8.05. The third-order valence-electron chi connectivity index (χ3n) is 23.0. The summed E-state index contributed by atoms with van der Waals surface area (Å²) < 4.78 is 21.1. The summed E-state index contributed by atoms with van der Waals surface area (Å²) in [5, 5.41) is 0. The monoisotopic (exact) mass is 1250 g/mol. The van der Waals surface area contributed by atoms with E-state index < -0.39 is 0 Å². The summed E-state index contributed by atoms with van der Waals surface area (Å²) in [4.78, 5) is 23.4. The quantitative estimate of drug-likeness (QED) is 0.127. The van der Waals surface area contributed by atoms with E-state index in [1.54, 1.807) is 0 Å². The van der Waals surface area contributed by atoms with Crippen molar-refractivity contribution >= 4 is 90.3 Å². The van der Waals surface area contributed by atoms with Crippen LogP contribution in [0.25, 0.3) is 101 Å². The number of benzene rings is 7. The van der Waals surface area contributed by atoms with Crippen molar-refractivity contribution in [1.82, 2.24) is 29.1 Å². The highest BCUT2D eigenvalue weighted by atomic mass is 16.5. The summed E-state index contributed by atoms with van der Waals surface area (Å²) in [5.74, 6) is 6.00. The minimum Gasteiger partial charge on any atom is -0.456 e. The highest BCUT2D eigenvalue weighted by molar-refractivity contribution is 7.02. The molecule has 4 aliphatic heterocycles. The van der Waals surface area contributed by atoms with E-state index in [4.69, 9.17) is 29.4 Å². The van der Waals surface area contributed by atoms with E-state index in [1.807, 2.05) is 0 Å². The van der Waals surface area contributed by atoms with E-state index in [-0.39, 0.29) is 13.4 Å². The SMILES string of the molecule is CC(C)c1ccc(-c2ccc3c(n2)c2nc(-c4ccc(C(C)C)cc4)cc4c2n3-c2c3c5c(c6c2B4c2cc(C4CCCCC4)ccc2O6)-n2c4ccc(-c6ccc(C(C)C)cc6)nc4c4nc(-c6ccc(C(C)C)cc6)cc(c42)B5c2cc(C4CCCCC4)ccc2O3)cc1. The van der Waals surface area contributed by atoms with Crippen molar-refractivity contribution in [3.8, 4) is 79.4 Å². The van der Waals surface area contributed by atoms with Crippen molar-refractivity contribution in [3.05, 3.63) is 203 Å². The fourth-order valence-corrected chi connectivity index (χ4v) is 17.7. The van der Waals surface area contributed by atoms with Crippen molar-refractivity contribution in [1.29, 1.82) is 0 Å². The Morgan fingerprint density at radius 3 is 1.02 bits per heavy atom. The molecule has 0 unspecified atom stereocenters. The summed E-state index contributed by atoms with van der Waals surface area (Å²) in [6.07, 6.45) is 12.3. The van der Waals surface area contributed by atoms with Gasteiger partial charge >= 0.3 is 0 Å². The zero-order chi connectivity index (χ0) is 64.5. The van der Waals surface area contributed by atoms with Crippen LogP contribution in [0.1, 0.15) is 188 Å². The Bertz CT molecular complexity index is 5040. The first-order valence-electron chi connectivity index (χ1n) is 35.9. The molecule has 96 heavy (non-hydrogen) atoms. The van der Waals surface area contributed by atoms with Crippen LogP contribution >= 0.6 is 0 Å². The molecule has 19 rings (SSSR count). The number of fused-ring (bicyclic) bond motifs is 16. The standard InChI is InChI=1S/C86H78B2N6O2/c1-47(2)51-19-27-57(28-20-51)67-37-39-71-77(89-67)79-81-65(45-69(91-79)59-31-23-53(24-32-59)49(5)6)87-63-43-61(55-15-11-9-12-16-55)35-41-73(63)96-86-75(87)83(93(71)81)85-76-84(86)94-72-40-38-68(58-29-21-52(22-30-58)48(3)4)90-78(72)80-82(94)66(46-70(92-80)60-33-25-54(26-34-60)50(7)8)88(76)64-44-62(36-42-74(64)95-85)56-17-13-10-14-18-56/h19-50,55-56H,9-18H2,1-8H3. The van der Waals surface area contributed by atoms with Crippen LogP contribution in [0, 0.1) is 0 Å². The second kappa shape index (κ2) is 22.0. The Hall–Kier alpha value is -9.53. The highest BCUT2D eigenvalue weighted by Crippen LogP contribution is 2.50. The lowest BCUT2D eigenvalue weighted by atomic mass is 9.31. The Balaban J connectivity index is 0.958. The topological polar surface area (TPSA) is 79.9 Å². The molecule has 0 atom stereocenters. The van der Waals surface area contributed by atoms with Crippen LogP contribution < -0.4 is 42.3 Å². The maximum Gasteiger partial charge on any atom is 0.256 e. The molecule has 0 bridgehead atoms. The molecule has 7 aromatic carbocycles. The molecule has 10 heterocycles. The number of aromatic nitrogens is 6. The van der Waals surface area contributed by atoms with Crippen LogP contribution in [-0.2, 0) is 0 Å². The fourth-order valence-electron chi connectivity index (χ4n) is 17.7. The van der Waals surface area contributed by atoms with Crippen molar-refractivity contribution in [3.63, 3.8) is 0 Å². The van der Waals surface area contributed by atoms with Crippen LogP contribution in [0.3, 0.4) is 0 Å². The third kappa shape index (κ3) is 8.81. The van der Waals surface area contributed by atoms with Gasteiger partial charge in [0.15, 0.2) is 0 Å². The first kappa shape index (κ1) is 57.9. The third-order valence-corrected chi connectivity index (χ3v) is 23.0. The predicted octanol–water partition coefficient (Wildman–Crippen LogP) is 18.6. The lowest BCUT2D eigenvalue weighted by Gasteiger charge is -2.41. The highest BCUT2D eigenvalue weighted by Gasteiger charge is 2.51. The second-order valence-electron chi connectivity index (χ2n) is 30.0. The molecule has 2 aliphatic carbocycles. The molecular formula is C86H78B2N6O2. The van der Waals surface area contributed by atoms with Gasteiger partial charge < -0.3 is 18.6 Å². The summed E-state index contributed by atoms with van der Waals surface area (Å²) in [6, 6.07) is 64.6. The average Bonchev–Trinajstić information content (AvgIpc) is 1.32. The average molecular weight is 1250 g/mol. The number of ether oxygens (including phenoxy) is 2. The molecule has 0 amide bonds. The molecule has 6 aliphatic rings. The van der Waals surface area contributed by atoms with Crippen molar-refractivity contribution in [2.24, 2.45) is 0 Å². The van der Waals surface area contributed by atoms with Gasteiger partial charge in [0.2, 0.25) is 0 Å². The van der Waals surface area contributed by atoms with Crippen LogP contribution in [0.5, 0.6) is 23.0 Å². The van der Waals surface area contributed by atoms with E-state index in [0.29, 0.717) is 35.5 Å². The van der Waals surface area contributed by atoms with Crippen molar-refractivity contribution in [2.45, 2.75) is 155 Å². The number of nitrogens with zero attached hydrogens (tertiary/aromatic N) is 6. The van der Waals surface area contributed by atoms with E-state index in [1.165, 1.54) is 119 Å². The van der Waals surface area contributed by atoms with Gasteiger partial charge in [-0.05, 0) is 165 Å². The smallest absolute Gasteiger partial charge is 0.256 e. The Labute approximate surface area is 563 Å². The Morgan fingerprint density at radius 1 is 0.344 bits per heavy atom. The maximum atomic E-state index is 8.05. The van der Waals surface area contributed by atoms with Gasteiger partial charge in [-0.15, -0.1) is 0 Å². The molecule has 0 radical (unpaired) electrons. The lowest BCUT2D eigenvalue weighted by Crippen LogP contribution is -2.63. The molecule has 470 valence electrons. The molecule has 2 fully saturated rings. The fraction of sp³-hybridized carbons (Fsp3) is 0.279. The van der Waals surface area contributed by atoms with E-state index >= 15 is 0 Å². The van der Waals surface area contributed by atoms with Gasteiger partial charge in [-0.2, -0.15) is 0 Å². The van der Waals surface area contributed by atoms with Crippen molar-refractivity contribution in [2.75, 3.05) is 0 Å². The minimum atomic E-state index is -0.286. The second-order valence-corrected chi connectivity index (χ2v) is 30.0. The summed E-state index contributed by atoms with van der Waals surface area (Å²) in [7, 11) is 0. The van der Waals surface area contributed by atoms with Crippen molar-refractivity contribution < 1.29 is 9.47 Å². The zero-order valence-corrected chi connectivity index (χ0v) is 56.4. The van der Waals surface area contributed by atoms with Crippen LogP contribution in [0.2, 0.25) is 0 Å². The van der Waals surface area contributed by atoms with E-state index in [9.17, 15) is 0 Å². The minimum absolute atomic E-state index is 0.286. The molecule has 8 nitrogen and oxygen atoms in total. The molecule has 6 aromatic heterocycles. The molecule has 2 saturated carbocycles.